The molecule has 2 saturated heterocycles. The van der Waals surface area contributed by atoms with E-state index in [1.54, 1.807) is 0 Å². The molecule has 0 aromatic carbocycles. The molecular formula is C18H27N5. The summed E-state index contributed by atoms with van der Waals surface area (Å²) >= 11 is 0. The number of imidazole rings is 1. The minimum atomic E-state index is 0.361. The Balaban J connectivity index is 1.67. The highest BCUT2D eigenvalue weighted by Crippen LogP contribution is 2.27. The van der Waals surface area contributed by atoms with Crippen LogP contribution in [0.3, 0.4) is 0 Å². The van der Waals surface area contributed by atoms with Crippen molar-refractivity contribution in [3.8, 4) is 0 Å². The Kier molecular flexibility index (Phi) is 4.31. The topological polar surface area (TPSA) is 46.0 Å². The van der Waals surface area contributed by atoms with Gasteiger partial charge >= 0.3 is 0 Å². The summed E-state index contributed by atoms with van der Waals surface area (Å²) < 4.78 is 2.39. The van der Waals surface area contributed by atoms with Crippen LogP contribution in [-0.4, -0.2) is 46.1 Å². The summed E-state index contributed by atoms with van der Waals surface area (Å²) in [4.78, 5) is 12.0. The van der Waals surface area contributed by atoms with E-state index in [-0.39, 0.29) is 0 Å². The Labute approximate surface area is 138 Å². The minimum Gasteiger partial charge on any atom is -0.306 e. The highest BCUT2D eigenvalue weighted by atomic mass is 15.2. The first kappa shape index (κ1) is 15.1. The Morgan fingerprint density at radius 1 is 1.26 bits per heavy atom. The van der Waals surface area contributed by atoms with Crippen molar-refractivity contribution >= 4 is 11.2 Å². The van der Waals surface area contributed by atoms with Crippen LogP contribution in [0.4, 0.5) is 0 Å². The lowest BCUT2D eigenvalue weighted by atomic mass is 9.95. The van der Waals surface area contributed by atoms with E-state index < -0.39 is 0 Å². The third-order valence-corrected chi connectivity index (χ3v) is 5.31. The number of hydrogen-bond acceptors (Lipinski definition) is 4. The third-order valence-electron chi connectivity index (χ3n) is 5.31. The second kappa shape index (κ2) is 6.57. The summed E-state index contributed by atoms with van der Waals surface area (Å²) in [5.41, 5.74) is 2.09. The van der Waals surface area contributed by atoms with Gasteiger partial charge in [-0.1, -0.05) is 0 Å². The zero-order valence-corrected chi connectivity index (χ0v) is 14.0. The van der Waals surface area contributed by atoms with Crippen LogP contribution in [0.1, 0.15) is 44.1 Å². The molecule has 4 rings (SSSR count). The number of pyridine rings is 1. The number of fused-ring (bicyclic) bond motifs is 1. The highest BCUT2D eigenvalue weighted by Gasteiger charge is 2.25. The Morgan fingerprint density at radius 2 is 2.22 bits per heavy atom. The molecule has 4 heterocycles. The normalized spacial score (nSPS) is 26.7. The summed E-state index contributed by atoms with van der Waals surface area (Å²) in [5, 5.41) is 3.67. The molecule has 0 amide bonds. The van der Waals surface area contributed by atoms with Crippen molar-refractivity contribution in [3.63, 3.8) is 0 Å². The number of likely N-dealkylation sites (tertiary alicyclic amines) is 1. The standard InChI is InChI=1S/C18H27N5/c1-22-11-5-6-14(13-22)12-17-21-15-7-4-10-20-18(15)23(17)16-8-2-3-9-19-16/h4,7,10,14,16,19H,2-3,5-6,8-9,11-13H2,1H3. The first-order valence-electron chi connectivity index (χ1n) is 9.05. The molecule has 0 aliphatic carbocycles. The second-order valence-electron chi connectivity index (χ2n) is 7.18. The van der Waals surface area contributed by atoms with Gasteiger partial charge in [0.2, 0.25) is 0 Å². The van der Waals surface area contributed by atoms with Crippen molar-refractivity contribution < 1.29 is 0 Å². The summed E-state index contributed by atoms with van der Waals surface area (Å²) in [6.07, 6.45) is 9.69. The first-order chi connectivity index (χ1) is 11.3. The molecule has 2 aromatic heterocycles. The molecule has 0 bridgehead atoms. The van der Waals surface area contributed by atoms with Gasteiger partial charge in [-0.3, -0.25) is 9.88 Å². The molecule has 2 atom stereocenters. The molecular weight excluding hydrogens is 286 g/mol. The van der Waals surface area contributed by atoms with Crippen LogP contribution >= 0.6 is 0 Å². The maximum atomic E-state index is 4.95. The van der Waals surface area contributed by atoms with Crippen LogP contribution in [0.5, 0.6) is 0 Å². The monoisotopic (exact) mass is 313 g/mol. The molecule has 2 aliphatic heterocycles. The molecule has 0 spiro atoms. The molecule has 5 heteroatoms. The fourth-order valence-corrected chi connectivity index (χ4v) is 4.20. The van der Waals surface area contributed by atoms with Crippen LogP contribution in [0.2, 0.25) is 0 Å². The van der Waals surface area contributed by atoms with Crippen LogP contribution in [0, 0.1) is 5.92 Å². The molecule has 1 N–H and O–H groups in total. The number of rotatable bonds is 3. The van der Waals surface area contributed by atoms with Gasteiger partial charge in [-0.05, 0) is 70.3 Å². The van der Waals surface area contributed by atoms with Gasteiger partial charge < -0.3 is 4.90 Å². The van der Waals surface area contributed by atoms with E-state index in [1.165, 1.54) is 51.0 Å². The fourth-order valence-electron chi connectivity index (χ4n) is 4.20. The SMILES string of the molecule is CN1CCCC(Cc2nc3cccnc3n2C2CCCCN2)C1. The van der Waals surface area contributed by atoms with E-state index in [0.29, 0.717) is 12.1 Å². The second-order valence-corrected chi connectivity index (χ2v) is 7.18. The van der Waals surface area contributed by atoms with Crippen molar-refractivity contribution in [1.29, 1.82) is 0 Å². The highest BCUT2D eigenvalue weighted by molar-refractivity contribution is 5.71. The Morgan fingerprint density at radius 3 is 3.04 bits per heavy atom. The van der Waals surface area contributed by atoms with Crippen molar-refractivity contribution in [2.75, 3.05) is 26.7 Å². The van der Waals surface area contributed by atoms with Gasteiger partial charge in [0.15, 0.2) is 5.65 Å². The summed E-state index contributed by atoms with van der Waals surface area (Å²) in [6, 6.07) is 4.09. The van der Waals surface area contributed by atoms with Crippen molar-refractivity contribution in [2.24, 2.45) is 5.92 Å². The molecule has 2 aliphatic rings. The van der Waals surface area contributed by atoms with E-state index >= 15 is 0 Å². The van der Waals surface area contributed by atoms with Crippen LogP contribution in [0.25, 0.3) is 11.2 Å². The maximum absolute atomic E-state index is 4.95. The molecule has 2 unspecified atom stereocenters. The first-order valence-corrected chi connectivity index (χ1v) is 9.05. The molecule has 0 saturated carbocycles. The lowest BCUT2D eigenvalue weighted by Gasteiger charge is -2.31. The minimum absolute atomic E-state index is 0.361. The molecule has 0 radical (unpaired) electrons. The predicted molar refractivity (Wildman–Crippen MR) is 92.3 cm³/mol. The van der Waals surface area contributed by atoms with Crippen molar-refractivity contribution in [2.45, 2.75) is 44.7 Å². The smallest absolute Gasteiger partial charge is 0.161 e. The lowest BCUT2D eigenvalue weighted by Crippen LogP contribution is -2.35. The molecule has 5 nitrogen and oxygen atoms in total. The van der Waals surface area contributed by atoms with Gasteiger partial charge in [0.1, 0.15) is 11.3 Å². The van der Waals surface area contributed by atoms with E-state index in [0.717, 1.165) is 24.1 Å². The van der Waals surface area contributed by atoms with Gasteiger partial charge in [-0.2, -0.15) is 0 Å². The van der Waals surface area contributed by atoms with E-state index in [2.05, 4.69) is 32.9 Å². The zero-order chi connectivity index (χ0) is 15.6. The van der Waals surface area contributed by atoms with E-state index in [1.807, 2.05) is 12.3 Å². The van der Waals surface area contributed by atoms with Crippen LogP contribution < -0.4 is 5.32 Å². The number of nitrogens with one attached hydrogen (secondary N) is 1. The number of nitrogens with zero attached hydrogens (tertiary/aromatic N) is 4. The van der Waals surface area contributed by atoms with Gasteiger partial charge in [-0.25, -0.2) is 9.97 Å². The number of piperidine rings is 2. The number of hydrogen-bond donors (Lipinski definition) is 1. The van der Waals surface area contributed by atoms with Crippen LogP contribution in [0.15, 0.2) is 18.3 Å². The molecule has 23 heavy (non-hydrogen) atoms. The largest absolute Gasteiger partial charge is 0.306 e. The molecule has 2 fully saturated rings. The summed E-state index contributed by atoms with van der Waals surface area (Å²) in [5.74, 6) is 1.94. The lowest BCUT2D eigenvalue weighted by molar-refractivity contribution is 0.204. The average Bonchev–Trinajstić information content (AvgIpc) is 2.93. The van der Waals surface area contributed by atoms with Gasteiger partial charge in [-0.15, -0.1) is 0 Å². The van der Waals surface area contributed by atoms with Gasteiger partial charge in [0.25, 0.3) is 0 Å². The van der Waals surface area contributed by atoms with Gasteiger partial charge in [0, 0.05) is 19.2 Å². The van der Waals surface area contributed by atoms with Crippen LogP contribution in [-0.2, 0) is 6.42 Å². The molecule has 2 aromatic rings. The zero-order valence-electron chi connectivity index (χ0n) is 14.0. The third kappa shape index (κ3) is 3.12. The van der Waals surface area contributed by atoms with E-state index in [4.69, 9.17) is 4.98 Å². The van der Waals surface area contributed by atoms with Crippen molar-refractivity contribution in [3.05, 3.63) is 24.2 Å². The Hall–Kier alpha value is -1.46. The maximum Gasteiger partial charge on any atom is 0.161 e. The molecule has 124 valence electrons. The van der Waals surface area contributed by atoms with Crippen molar-refractivity contribution in [1.82, 2.24) is 24.8 Å². The Bertz CT molecular complexity index is 658. The summed E-state index contributed by atoms with van der Waals surface area (Å²) in [7, 11) is 2.24. The van der Waals surface area contributed by atoms with E-state index in [9.17, 15) is 0 Å². The summed E-state index contributed by atoms with van der Waals surface area (Å²) in [6.45, 7) is 3.52. The van der Waals surface area contributed by atoms with Gasteiger partial charge in [0.05, 0.1) is 6.17 Å². The number of aromatic nitrogens is 3. The predicted octanol–water partition coefficient (Wildman–Crippen LogP) is 2.59. The average molecular weight is 313 g/mol. The fraction of sp³-hybridized carbons (Fsp3) is 0.667. The quantitative estimate of drug-likeness (QED) is 0.946.